The van der Waals surface area contributed by atoms with Crippen LogP contribution in [0.5, 0.6) is 0 Å². The summed E-state index contributed by atoms with van der Waals surface area (Å²) in [4.78, 5) is 16.1. The molecule has 3 aliphatic heterocycles. The van der Waals surface area contributed by atoms with Gasteiger partial charge in [0.25, 0.3) is 0 Å². The lowest BCUT2D eigenvalue weighted by atomic mass is 10.0. The molecule has 3 saturated heterocycles. The van der Waals surface area contributed by atoms with Gasteiger partial charge < -0.3 is 29.9 Å². The van der Waals surface area contributed by atoms with Gasteiger partial charge in [0.05, 0.1) is 32.0 Å². The summed E-state index contributed by atoms with van der Waals surface area (Å²) in [7, 11) is 0. The molecule has 3 heterocycles. The highest BCUT2D eigenvalue weighted by molar-refractivity contribution is 5.74. The smallest absolute Gasteiger partial charge is 0.317 e. The van der Waals surface area contributed by atoms with Gasteiger partial charge in [-0.15, -0.1) is 0 Å². The molecule has 132 valence electrons. The predicted octanol–water partition coefficient (Wildman–Crippen LogP) is -1.39. The van der Waals surface area contributed by atoms with Crippen LogP contribution in [-0.4, -0.2) is 103 Å². The number of carbonyl (C=O) groups is 1. The minimum atomic E-state index is -0.719. The molecule has 4 unspecified atom stereocenters. The van der Waals surface area contributed by atoms with Crippen LogP contribution in [0, 0.1) is 0 Å². The van der Waals surface area contributed by atoms with Crippen molar-refractivity contribution in [1.82, 2.24) is 15.1 Å². The van der Waals surface area contributed by atoms with Gasteiger partial charge in [0.15, 0.2) is 0 Å². The van der Waals surface area contributed by atoms with Gasteiger partial charge in [-0.25, -0.2) is 4.79 Å². The van der Waals surface area contributed by atoms with Crippen LogP contribution in [0.1, 0.15) is 12.8 Å². The van der Waals surface area contributed by atoms with Crippen molar-refractivity contribution in [3.63, 3.8) is 0 Å². The van der Waals surface area contributed by atoms with E-state index >= 15 is 0 Å². The second-order valence-electron chi connectivity index (χ2n) is 6.41. The first kappa shape index (κ1) is 16.9. The number of nitrogens with zero attached hydrogens (tertiary/aromatic N) is 2. The lowest BCUT2D eigenvalue weighted by Gasteiger charge is -2.31. The molecule has 0 spiro atoms. The molecular formula is C15H27N3O5. The Balaban J connectivity index is 1.56. The lowest BCUT2D eigenvalue weighted by Crippen LogP contribution is -2.52. The van der Waals surface area contributed by atoms with E-state index in [0.29, 0.717) is 32.8 Å². The molecule has 0 aromatic carbocycles. The number of hydrogen-bond acceptors (Lipinski definition) is 6. The van der Waals surface area contributed by atoms with Crippen LogP contribution >= 0.6 is 0 Å². The lowest BCUT2D eigenvalue weighted by molar-refractivity contribution is -0.0211. The summed E-state index contributed by atoms with van der Waals surface area (Å²) in [5, 5.41) is 22.7. The van der Waals surface area contributed by atoms with Gasteiger partial charge in [0, 0.05) is 19.6 Å². The van der Waals surface area contributed by atoms with Crippen molar-refractivity contribution in [2.75, 3.05) is 52.5 Å². The normalized spacial score (nSPS) is 35.7. The summed E-state index contributed by atoms with van der Waals surface area (Å²) in [5.74, 6) is 0. The monoisotopic (exact) mass is 329 g/mol. The van der Waals surface area contributed by atoms with Crippen LogP contribution in [0.15, 0.2) is 0 Å². The molecule has 0 bridgehead atoms. The van der Waals surface area contributed by atoms with Crippen molar-refractivity contribution >= 4 is 6.03 Å². The first-order chi connectivity index (χ1) is 11.2. The predicted molar refractivity (Wildman–Crippen MR) is 82.1 cm³/mol. The first-order valence-corrected chi connectivity index (χ1v) is 8.49. The van der Waals surface area contributed by atoms with Gasteiger partial charge in [0.2, 0.25) is 0 Å². The molecule has 0 aliphatic carbocycles. The molecule has 8 nitrogen and oxygen atoms in total. The zero-order valence-electron chi connectivity index (χ0n) is 13.4. The number of ether oxygens (including phenoxy) is 2. The van der Waals surface area contributed by atoms with E-state index in [-0.39, 0.29) is 24.8 Å². The summed E-state index contributed by atoms with van der Waals surface area (Å²) in [6, 6.07) is -0.293. The number of morpholine rings is 1. The topological polar surface area (TPSA) is 94.5 Å². The standard InChI is InChI=1S/C15H27N3O5/c19-10-12-14(20)13(17-3-1-2-4-17)11(23-12)9-16-15(21)18-5-7-22-8-6-18/h11-14,19-20H,1-10H2,(H,16,21). The number of amides is 2. The number of aliphatic hydroxyl groups is 2. The minimum Gasteiger partial charge on any atom is -0.394 e. The summed E-state index contributed by atoms with van der Waals surface area (Å²) in [5.41, 5.74) is 0. The third-order valence-corrected chi connectivity index (χ3v) is 4.96. The van der Waals surface area contributed by atoms with Gasteiger partial charge in [-0.1, -0.05) is 0 Å². The van der Waals surface area contributed by atoms with Crippen LogP contribution in [0.2, 0.25) is 0 Å². The fourth-order valence-electron chi connectivity index (χ4n) is 3.70. The molecular weight excluding hydrogens is 302 g/mol. The summed E-state index contributed by atoms with van der Waals surface area (Å²) in [6.45, 7) is 4.30. The molecule has 0 aromatic rings. The van der Waals surface area contributed by atoms with Crippen molar-refractivity contribution in [1.29, 1.82) is 0 Å². The maximum Gasteiger partial charge on any atom is 0.317 e. The maximum absolute atomic E-state index is 12.2. The zero-order valence-corrected chi connectivity index (χ0v) is 13.4. The molecule has 0 radical (unpaired) electrons. The van der Waals surface area contributed by atoms with Gasteiger partial charge in [0.1, 0.15) is 12.2 Å². The van der Waals surface area contributed by atoms with Crippen LogP contribution in [0.3, 0.4) is 0 Å². The Bertz CT molecular complexity index is 399. The highest BCUT2D eigenvalue weighted by Gasteiger charge is 2.46. The molecule has 0 saturated carbocycles. The van der Waals surface area contributed by atoms with E-state index in [0.717, 1.165) is 25.9 Å². The van der Waals surface area contributed by atoms with Crippen LogP contribution < -0.4 is 5.32 Å². The third-order valence-electron chi connectivity index (χ3n) is 4.96. The Morgan fingerprint density at radius 3 is 2.48 bits per heavy atom. The second-order valence-corrected chi connectivity index (χ2v) is 6.41. The molecule has 2 amide bonds. The highest BCUT2D eigenvalue weighted by atomic mass is 16.5. The van der Waals surface area contributed by atoms with Crippen LogP contribution in [0.25, 0.3) is 0 Å². The Morgan fingerprint density at radius 1 is 1.13 bits per heavy atom. The Labute approximate surface area is 136 Å². The van der Waals surface area contributed by atoms with Gasteiger partial charge in [-0.2, -0.15) is 0 Å². The Morgan fingerprint density at radius 2 is 1.83 bits per heavy atom. The Hall–Kier alpha value is -0.930. The van der Waals surface area contributed by atoms with Gasteiger partial charge in [-0.05, 0) is 25.9 Å². The summed E-state index contributed by atoms with van der Waals surface area (Å²) < 4.78 is 11.0. The van der Waals surface area contributed by atoms with Crippen LogP contribution in [-0.2, 0) is 9.47 Å². The SMILES string of the molecule is O=C(NCC1OC(CO)C(O)C1N1CCCC1)N1CCOCC1. The van der Waals surface area contributed by atoms with E-state index in [1.54, 1.807) is 4.90 Å². The summed E-state index contributed by atoms with van der Waals surface area (Å²) >= 11 is 0. The molecule has 3 rings (SSSR count). The van der Waals surface area contributed by atoms with Crippen molar-refractivity contribution in [2.24, 2.45) is 0 Å². The van der Waals surface area contributed by atoms with Gasteiger partial charge >= 0.3 is 6.03 Å². The van der Waals surface area contributed by atoms with Crippen LogP contribution in [0.4, 0.5) is 4.79 Å². The zero-order chi connectivity index (χ0) is 16.2. The van der Waals surface area contributed by atoms with Crippen molar-refractivity contribution < 1.29 is 24.5 Å². The number of nitrogens with one attached hydrogen (secondary N) is 1. The fraction of sp³-hybridized carbons (Fsp3) is 0.933. The van der Waals surface area contributed by atoms with E-state index in [4.69, 9.17) is 9.47 Å². The van der Waals surface area contributed by atoms with Crippen molar-refractivity contribution in [3.8, 4) is 0 Å². The largest absolute Gasteiger partial charge is 0.394 e. The number of likely N-dealkylation sites (tertiary alicyclic amines) is 1. The molecule has 0 aromatic heterocycles. The Kier molecular flexibility index (Phi) is 5.71. The number of urea groups is 1. The first-order valence-electron chi connectivity index (χ1n) is 8.49. The molecule has 8 heteroatoms. The fourth-order valence-corrected chi connectivity index (χ4v) is 3.70. The number of hydrogen-bond donors (Lipinski definition) is 3. The summed E-state index contributed by atoms with van der Waals surface area (Å²) in [6.07, 6.45) is 0.624. The average Bonchev–Trinajstić information content (AvgIpc) is 3.20. The van der Waals surface area contributed by atoms with E-state index in [1.165, 1.54) is 0 Å². The van der Waals surface area contributed by atoms with Gasteiger partial charge in [-0.3, -0.25) is 4.90 Å². The number of rotatable bonds is 4. The maximum atomic E-state index is 12.2. The van der Waals surface area contributed by atoms with E-state index in [9.17, 15) is 15.0 Å². The third kappa shape index (κ3) is 3.77. The quantitative estimate of drug-likeness (QED) is 0.588. The van der Waals surface area contributed by atoms with E-state index in [2.05, 4.69) is 10.2 Å². The number of carbonyl (C=O) groups excluding carboxylic acids is 1. The number of aliphatic hydroxyl groups excluding tert-OH is 2. The molecule has 3 N–H and O–H groups in total. The molecule has 4 atom stereocenters. The highest BCUT2D eigenvalue weighted by Crippen LogP contribution is 2.28. The van der Waals surface area contributed by atoms with E-state index in [1.807, 2.05) is 0 Å². The molecule has 3 aliphatic rings. The van der Waals surface area contributed by atoms with Crippen molar-refractivity contribution in [2.45, 2.75) is 37.2 Å². The second kappa shape index (κ2) is 7.76. The van der Waals surface area contributed by atoms with Crippen molar-refractivity contribution in [3.05, 3.63) is 0 Å². The average molecular weight is 329 g/mol. The van der Waals surface area contributed by atoms with E-state index < -0.39 is 12.2 Å². The molecule has 23 heavy (non-hydrogen) atoms. The minimum absolute atomic E-state index is 0.126. The molecule has 3 fully saturated rings.